The van der Waals surface area contributed by atoms with Crippen molar-refractivity contribution in [2.75, 3.05) is 0 Å². The molecule has 0 aromatic carbocycles. The molecule has 0 aliphatic rings. The Kier molecular flexibility index (Phi) is 11.5. The summed E-state index contributed by atoms with van der Waals surface area (Å²) in [5, 5.41) is 0. The van der Waals surface area contributed by atoms with Gasteiger partial charge < -0.3 is 4.79 Å². The van der Waals surface area contributed by atoms with E-state index in [-0.39, 0.29) is 11.6 Å². The lowest BCUT2D eigenvalue weighted by atomic mass is 10.3. The Hall–Kier alpha value is -0.920. The largest absolute Gasteiger partial charge is 0.300 e. The number of hydrogen-bond donors (Lipinski definition) is 0. The average Bonchev–Trinajstić information content (AvgIpc) is 1.87. The lowest BCUT2D eigenvalue weighted by Crippen LogP contribution is -1.84. The van der Waals surface area contributed by atoms with E-state index in [2.05, 4.69) is 0 Å². The van der Waals surface area contributed by atoms with Crippen LogP contribution in [-0.4, -0.2) is 11.6 Å². The molecule has 0 spiro atoms. The molecule has 0 amide bonds. The number of allylic oxidation sites excluding steroid dienone is 2. The molecule has 12 heavy (non-hydrogen) atoms. The molecule has 0 unspecified atom stereocenters. The lowest BCUT2D eigenvalue weighted by Gasteiger charge is -1.80. The van der Waals surface area contributed by atoms with Gasteiger partial charge in [-0.15, -0.1) is 0 Å². The van der Waals surface area contributed by atoms with Gasteiger partial charge in [0, 0.05) is 6.42 Å². The summed E-state index contributed by atoms with van der Waals surface area (Å²) in [6.07, 6.45) is 4.97. The van der Waals surface area contributed by atoms with Crippen molar-refractivity contribution in [3.8, 4) is 0 Å². The Labute approximate surface area is 74.7 Å². The minimum Gasteiger partial charge on any atom is -0.300 e. The van der Waals surface area contributed by atoms with E-state index in [1.165, 1.54) is 13.0 Å². The van der Waals surface area contributed by atoms with Crippen molar-refractivity contribution in [1.82, 2.24) is 0 Å². The summed E-state index contributed by atoms with van der Waals surface area (Å²) in [7, 11) is 0. The van der Waals surface area contributed by atoms with E-state index < -0.39 is 0 Å². The minimum absolute atomic E-state index is 0.109. The van der Waals surface area contributed by atoms with Crippen LogP contribution in [0.1, 0.15) is 40.5 Å². The molecule has 0 aromatic heterocycles. The van der Waals surface area contributed by atoms with E-state index in [9.17, 15) is 9.59 Å². The zero-order valence-electron chi connectivity index (χ0n) is 8.39. The van der Waals surface area contributed by atoms with E-state index in [0.717, 1.165) is 12.8 Å². The Balaban J connectivity index is 0. The van der Waals surface area contributed by atoms with Crippen LogP contribution in [-0.2, 0) is 9.59 Å². The number of Topliss-reactive ketones (excluding diaryl/α,β-unsaturated/α-hetero) is 1. The van der Waals surface area contributed by atoms with Crippen molar-refractivity contribution in [2.24, 2.45) is 0 Å². The van der Waals surface area contributed by atoms with Gasteiger partial charge in [0.15, 0.2) is 5.78 Å². The molecule has 0 saturated heterocycles. The second-order valence-corrected chi connectivity index (χ2v) is 2.56. The first-order valence-corrected chi connectivity index (χ1v) is 4.17. The van der Waals surface area contributed by atoms with Gasteiger partial charge in [-0.3, -0.25) is 4.79 Å². The molecule has 70 valence electrons. The van der Waals surface area contributed by atoms with Crippen LogP contribution in [0.25, 0.3) is 0 Å². The molecular weight excluding hydrogens is 152 g/mol. The van der Waals surface area contributed by atoms with Crippen LogP contribution in [0.5, 0.6) is 0 Å². The van der Waals surface area contributed by atoms with Crippen LogP contribution in [0.15, 0.2) is 12.2 Å². The predicted octanol–water partition coefficient (Wildman–Crippen LogP) is 2.53. The molecule has 0 aromatic rings. The van der Waals surface area contributed by atoms with Crippen LogP contribution in [0, 0.1) is 0 Å². The second kappa shape index (κ2) is 10.1. The highest BCUT2D eigenvalue weighted by Gasteiger charge is 1.83. The molecule has 0 heterocycles. The van der Waals surface area contributed by atoms with Crippen molar-refractivity contribution in [3.05, 3.63) is 12.2 Å². The standard InChI is InChI=1S/C5H10O.C5H8O/c2*1-3-4-5(2)6/h3-4H2,1-2H3;3-4H,1-2H3. The topological polar surface area (TPSA) is 34.1 Å². The maximum Gasteiger partial charge on any atom is 0.152 e. The number of carbonyl (C=O) groups excluding carboxylic acids is 2. The average molecular weight is 170 g/mol. The summed E-state index contributed by atoms with van der Waals surface area (Å²) in [6.45, 7) is 6.96. The van der Waals surface area contributed by atoms with Gasteiger partial charge in [0.1, 0.15) is 5.78 Å². The third kappa shape index (κ3) is 23.0. The van der Waals surface area contributed by atoms with E-state index in [0.29, 0.717) is 0 Å². The summed E-state index contributed by atoms with van der Waals surface area (Å²) in [4.78, 5) is 20.0. The number of hydrogen-bond acceptors (Lipinski definition) is 2. The molecule has 0 fully saturated rings. The van der Waals surface area contributed by atoms with E-state index >= 15 is 0 Å². The van der Waals surface area contributed by atoms with Crippen LogP contribution in [0.3, 0.4) is 0 Å². The fraction of sp³-hybridized carbons (Fsp3) is 0.600. The number of rotatable bonds is 3. The SMILES string of the molecule is CC=CC(C)=O.CCCC(C)=O. The molecule has 0 radical (unpaired) electrons. The third-order valence-corrected chi connectivity index (χ3v) is 1.00. The highest BCUT2D eigenvalue weighted by molar-refractivity contribution is 5.87. The highest BCUT2D eigenvalue weighted by atomic mass is 16.1. The maximum absolute atomic E-state index is 10.0. The van der Waals surface area contributed by atoms with Gasteiger partial charge in [0.2, 0.25) is 0 Å². The van der Waals surface area contributed by atoms with Crippen molar-refractivity contribution in [2.45, 2.75) is 40.5 Å². The Morgan fingerprint density at radius 2 is 1.75 bits per heavy atom. The summed E-state index contributed by atoms with van der Waals surface area (Å²) >= 11 is 0. The minimum atomic E-state index is 0.109. The van der Waals surface area contributed by atoms with Gasteiger partial charge in [-0.1, -0.05) is 13.0 Å². The molecule has 0 rings (SSSR count). The van der Waals surface area contributed by atoms with Crippen LogP contribution in [0.2, 0.25) is 0 Å². The van der Waals surface area contributed by atoms with Crippen molar-refractivity contribution in [1.29, 1.82) is 0 Å². The van der Waals surface area contributed by atoms with Crippen molar-refractivity contribution in [3.63, 3.8) is 0 Å². The molecule has 2 nitrogen and oxygen atoms in total. The molecule has 0 atom stereocenters. The summed E-state index contributed by atoms with van der Waals surface area (Å²) in [6, 6.07) is 0. The Bertz CT molecular complexity index is 157. The van der Waals surface area contributed by atoms with Gasteiger partial charge in [-0.05, 0) is 33.3 Å². The van der Waals surface area contributed by atoms with Crippen molar-refractivity contribution < 1.29 is 9.59 Å². The maximum atomic E-state index is 10.0. The molecule has 0 aliphatic carbocycles. The quantitative estimate of drug-likeness (QED) is 0.610. The Morgan fingerprint density at radius 3 is 1.75 bits per heavy atom. The van der Waals surface area contributed by atoms with E-state index in [1.54, 1.807) is 13.0 Å². The van der Waals surface area contributed by atoms with Gasteiger partial charge in [0.05, 0.1) is 0 Å². The first kappa shape index (κ1) is 13.7. The van der Waals surface area contributed by atoms with Crippen LogP contribution < -0.4 is 0 Å². The molecule has 0 bridgehead atoms. The van der Waals surface area contributed by atoms with Gasteiger partial charge in [0.25, 0.3) is 0 Å². The molecule has 2 heteroatoms. The fourth-order valence-electron chi connectivity index (χ4n) is 0.587. The first-order chi connectivity index (χ1) is 5.54. The smallest absolute Gasteiger partial charge is 0.152 e. The summed E-state index contributed by atoms with van der Waals surface area (Å²) < 4.78 is 0. The lowest BCUT2D eigenvalue weighted by molar-refractivity contribution is -0.117. The number of ketones is 2. The van der Waals surface area contributed by atoms with E-state index in [1.807, 2.05) is 13.8 Å². The number of carbonyl (C=O) groups is 2. The second-order valence-electron chi connectivity index (χ2n) is 2.56. The van der Waals surface area contributed by atoms with Gasteiger partial charge >= 0.3 is 0 Å². The zero-order valence-corrected chi connectivity index (χ0v) is 8.39. The van der Waals surface area contributed by atoms with E-state index in [4.69, 9.17) is 0 Å². The van der Waals surface area contributed by atoms with Gasteiger partial charge in [-0.25, -0.2) is 0 Å². The zero-order chi connectivity index (χ0) is 9.98. The fourth-order valence-corrected chi connectivity index (χ4v) is 0.587. The van der Waals surface area contributed by atoms with Crippen LogP contribution >= 0.6 is 0 Å². The van der Waals surface area contributed by atoms with Crippen molar-refractivity contribution >= 4 is 11.6 Å². The highest BCUT2D eigenvalue weighted by Crippen LogP contribution is 1.84. The first-order valence-electron chi connectivity index (χ1n) is 4.17. The molecule has 0 aliphatic heterocycles. The summed E-state index contributed by atoms with van der Waals surface area (Å²) in [5.41, 5.74) is 0. The normalized spacial score (nSPS) is 9.00. The van der Waals surface area contributed by atoms with Crippen LogP contribution in [0.4, 0.5) is 0 Å². The predicted molar refractivity (Wildman–Crippen MR) is 51.1 cm³/mol. The molecule has 0 N–H and O–H groups in total. The Morgan fingerprint density at radius 1 is 1.25 bits per heavy atom. The third-order valence-electron chi connectivity index (χ3n) is 1.00. The monoisotopic (exact) mass is 170 g/mol. The molecular formula is C10H18O2. The molecule has 0 saturated carbocycles. The van der Waals surface area contributed by atoms with Gasteiger partial charge in [-0.2, -0.15) is 0 Å². The summed E-state index contributed by atoms with van der Waals surface area (Å²) in [5.74, 6) is 0.398.